The second kappa shape index (κ2) is 5.85. The lowest BCUT2D eigenvalue weighted by molar-refractivity contribution is 0.0958. The molecule has 110 valence electrons. The van der Waals surface area contributed by atoms with Crippen molar-refractivity contribution in [3.05, 3.63) is 66.5 Å². The number of aromatic amines is 1. The minimum Gasteiger partial charge on any atom is -0.360 e. The molecule has 1 amide bonds. The molecule has 2 N–H and O–H groups in total. The molecular formula is C18H17N3O. The number of amides is 1. The van der Waals surface area contributed by atoms with Gasteiger partial charge in [-0.15, -0.1) is 6.58 Å². The van der Waals surface area contributed by atoms with E-state index < -0.39 is 0 Å². The number of benzene rings is 1. The number of nitrogens with zero attached hydrogens (tertiary/aromatic N) is 1. The average Bonchev–Trinajstić information content (AvgIpc) is 2.98. The molecule has 0 saturated carbocycles. The quantitative estimate of drug-likeness (QED) is 0.723. The van der Waals surface area contributed by atoms with Crippen molar-refractivity contribution in [1.82, 2.24) is 15.3 Å². The molecule has 0 fully saturated rings. The van der Waals surface area contributed by atoms with Crippen molar-refractivity contribution >= 4 is 16.8 Å². The van der Waals surface area contributed by atoms with E-state index in [4.69, 9.17) is 0 Å². The van der Waals surface area contributed by atoms with Gasteiger partial charge in [-0.1, -0.05) is 24.3 Å². The minimum atomic E-state index is -0.148. The van der Waals surface area contributed by atoms with Gasteiger partial charge >= 0.3 is 0 Å². The van der Waals surface area contributed by atoms with Crippen LogP contribution in [0.2, 0.25) is 0 Å². The van der Waals surface area contributed by atoms with Crippen molar-refractivity contribution in [2.75, 3.05) is 6.54 Å². The Balaban J connectivity index is 2.13. The summed E-state index contributed by atoms with van der Waals surface area (Å²) in [4.78, 5) is 20.0. The van der Waals surface area contributed by atoms with Crippen LogP contribution in [-0.4, -0.2) is 22.4 Å². The third kappa shape index (κ3) is 2.39. The zero-order valence-electron chi connectivity index (χ0n) is 12.4. The molecule has 0 unspecified atom stereocenters. The van der Waals surface area contributed by atoms with E-state index >= 15 is 0 Å². The number of aryl methyl sites for hydroxylation is 1. The first-order chi connectivity index (χ1) is 10.7. The van der Waals surface area contributed by atoms with Crippen LogP contribution >= 0.6 is 0 Å². The van der Waals surface area contributed by atoms with Gasteiger partial charge in [-0.25, -0.2) is 0 Å². The van der Waals surface area contributed by atoms with E-state index in [1.807, 2.05) is 18.3 Å². The summed E-state index contributed by atoms with van der Waals surface area (Å²) in [5.74, 6) is -0.148. The van der Waals surface area contributed by atoms with Gasteiger partial charge in [-0.05, 0) is 24.6 Å². The molecular weight excluding hydrogens is 274 g/mol. The number of nitrogens with one attached hydrogen (secondary N) is 2. The first-order valence-corrected chi connectivity index (χ1v) is 7.13. The maximum atomic E-state index is 12.3. The highest BCUT2D eigenvalue weighted by Gasteiger charge is 2.16. The van der Waals surface area contributed by atoms with Crippen LogP contribution in [-0.2, 0) is 0 Å². The Kier molecular flexibility index (Phi) is 3.74. The molecule has 22 heavy (non-hydrogen) atoms. The highest BCUT2D eigenvalue weighted by Crippen LogP contribution is 2.30. The predicted octanol–water partition coefficient (Wildman–Crippen LogP) is 3.45. The van der Waals surface area contributed by atoms with Crippen LogP contribution in [0.1, 0.15) is 15.9 Å². The Morgan fingerprint density at radius 1 is 1.36 bits per heavy atom. The Labute approximate surface area is 128 Å². The fourth-order valence-electron chi connectivity index (χ4n) is 2.57. The van der Waals surface area contributed by atoms with Crippen LogP contribution in [0.4, 0.5) is 0 Å². The van der Waals surface area contributed by atoms with Crippen LogP contribution < -0.4 is 5.32 Å². The van der Waals surface area contributed by atoms with E-state index in [2.05, 4.69) is 34.9 Å². The summed E-state index contributed by atoms with van der Waals surface area (Å²) in [7, 11) is 0. The molecule has 3 aromatic rings. The lowest BCUT2D eigenvalue weighted by Gasteiger charge is -2.08. The molecule has 2 heterocycles. The number of hydrogen-bond acceptors (Lipinski definition) is 2. The summed E-state index contributed by atoms with van der Waals surface area (Å²) in [6.45, 7) is 6.10. The summed E-state index contributed by atoms with van der Waals surface area (Å²) in [6, 6.07) is 9.66. The number of H-pyrrole nitrogens is 1. The summed E-state index contributed by atoms with van der Waals surface area (Å²) in [5, 5.41) is 3.87. The predicted molar refractivity (Wildman–Crippen MR) is 88.8 cm³/mol. The molecule has 0 spiro atoms. The topological polar surface area (TPSA) is 57.8 Å². The number of hydrogen-bond donors (Lipinski definition) is 2. The van der Waals surface area contributed by atoms with Gasteiger partial charge in [0.05, 0.1) is 11.3 Å². The summed E-state index contributed by atoms with van der Waals surface area (Å²) < 4.78 is 0. The molecule has 2 aromatic heterocycles. The molecule has 0 saturated heterocycles. The molecule has 0 atom stereocenters. The molecule has 0 bridgehead atoms. The monoisotopic (exact) mass is 291 g/mol. The van der Waals surface area contributed by atoms with Crippen LogP contribution in [0.15, 0.2) is 55.4 Å². The van der Waals surface area contributed by atoms with E-state index in [1.165, 1.54) is 0 Å². The standard InChI is InChI=1S/C18H17N3O/c1-3-9-20-18(22)14-8-5-10-19-17(14)15-11-21-16-12(2)6-4-7-13(15)16/h3-8,10-11,21H,1,9H2,2H3,(H,20,22). The molecule has 0 aliphatic rings. The molecule has 3 rings (SSSR count). The number of para-hydroxylation sites is 1. The van der Waals surface area contributed by atoms with Crippen LogP contribution in [0.3, 0.4) is 0 Å². The fourth-order valence-corrected chi connectivity index (χ4v) is 2.57. The second-order valence-electron chi connectivity index (χ2n) is 5.10. The molecule has 4 heteroatoms. The average molecular weight is 291 g/mol. The lowest BCUT2D eigenvalue weighted by atomic mass is 10.0. The molecule has 0 radical (unpaired) electrons. The molecule has 0 aliphatic heterocycles. The van der Waals surface area contributed by atoms with E-state index in [9.17, 15) is 4.79 Å². The Morgan fingerprint density at radius 3 is 3.05 bits per heavy atom. The number of aromatic nitrogens is 2. The summed E-state index contributed by atoms with van der Waals surface area (Å²) in [6.07, 6.45) is 5.27. The first-order valence-electron chi connectivity index (χ1n) is 7.13. The van der Waals surface area contributed by atoms with Crippen molar-refractivity contribution < 1.29 is 4.79 Å². The van der Waals surface area contributed by atoms with Gasteiger partial charge in [0.25, 0.3) is 5.91 Å². The van der Waals surface area contributed by atoms with E-state index in [0.29, 0.717) is 17.8 Å². The number of pyridine rings is 1. The van der Waals surface area contributed by atoms with Crippen molar-refractivity contribution in [3.8, 4) is 11.3 Å². The number of carbonyl (C=O) groups is 1. The fraction of sp³-hybridized carbons (Fsp3) is 0.111. The van der Waals surface area contributed by atoms with E-state index in [0.717, 1.165) is 22.0 Å². The highest BCUT2D eigenvalue weighted by molar-refractivity contribution is 6.05. The van der Waals surface area contributed by atoms with Gasteiger partial charge in [0.1, 0.15) is 0 Å². The molecule has 4 nitrogen and oxygen atoms in total. The largest absolute Gasteiger partial charge is 0.360 e. The SMILES string of the molecule is C=CCNC(=O)c1cccnc1-c1c[nH]c2c(C)cccc12. The first kappa shape index (κ1) is 14.1. The van der Waals surface area contributed by atoms with Gasteiger partial charge in [0, 0.05) is 35.4 Å². The number of fused-ring (bicyclic) bond motifs is 1. The van der Waals surface area contributed by atoms with Crippen LogP contribution in [0, 0.1) is 6.92 Å². The van der Waals surface area contributed by atoms with Crippen LogP contribution in [0.5, 0.6) is 0 Å². The van der Waals surface area contributed by atoms with E-state index in [1.54, 1.807) is 24.4 Å². The Bertz CT molecular complexity index is 848. The third-order valence-electron chi connectivity index (χ3n) is 3.64. The maximum absolute atomic E-state index is 12.3. The van der Waals surface area contributed by atoms with E-state index in [-0.39, 0.29) is 5.91 Å². The van der Waals surface area contributed by atoms with Gasteiger partial charge in [0.15, 0.2) is 0 Å². The smallest absolute Gasteiger partial charge is 0.253 e. The second-order valence-corrected chi connectivity index (χ2v) is 5.10. The van der Waals surface area contributed by atoms with Gasteiger partial charge in [-0.3, -0.25) is 9.78 Å². The zero-order chi connectivity index (χ0) is 15.5. The summed E-state index contributed by atoms with van der Waals surface area (Å²) >= 11 is 0. The molecule has 0 aliphatic carbocycles. The third-order valence-corrected chi connectivity index (χ3v) is 3.64. The Morgan fingerprint density at radius 2 is 2.23 bits per heavy atom. The molecule has 1 aromatic carbocycles. The lowest BCUT2D eigenvalue weighted by Crippen LogP contribution is -2.24. The van der Waals surface area contributed by atoms with Gasteiger partial charge in [0.2, 0.25) is 0 Å². The van der Waals surface area contributed by atoms with Crippen molar-refractivity contribution in [2.24, 2.45) is 0 Å². The minimum absolute atomic E-state index is 0.148. The van der Waals surface area contributed by atoms with Gasteiger partial charge in [-0.2, -0.15) is 0 Å². The maximum Gasteiger partial charge on any atom is 0.253 e. The highest BCUT2D eigenvalue weighted by atomic mass is 16.1. The Hall–Kier alpha value is -2.88. The van der Waals surface area contributed by atoms with Crippen LogP contribution in [0.25, 0.3) is 22.2 Å². The summed E-state index contributed by atoms with van der Waals surface area (Å²) in [5.41, 5.74) is 4.41. The van der Waals surface area contributed by atoms with Crippen molar-refractivity contribution in [2.45, 2.75) is 6.92 Å². The van der Waals surface area contributed by atoms with Crippen molar-refractivity contribution in [3.63, 3.8) is 0 Å². The number of rotatable bonds is 4. The number of carbonyl (C=O) groups excluding carboxylic acids is 1. The normalized spacial score (nSPS) is 10.6. The van der Waals surface area contributed by atoms with Crippen molar-refractivity contribution in [1.29, 1.82) is 0 Å². The van der Waals surface area contributed by atoms with Gasteiger partial charge < -0.3 is 10.3 Å². The zero-order valence-corrected chi connectivity index (χ0v) is 12.4.